The smallest absolute Gasteiger partial charge is 0.295 e. The topological polar surface area (TPSA) is 57.6 Å². The summed E-state index contributed by atoms with van der Waals surface area (Å²) in [5, 5.41) is 11.7. The maximum Gasteiger partial charge on any atom is 0.295 e. The highest BCUT2D eigenvalue weighted by Gasteiger charge is 2.45. The van der Waals surface area contributed by atoms with Crippen LogP contribution in [0.25, 0.3) is 5.76 Å². The zero-order valence-electron chi connectivity index (χ0n) is 15.9. The SMILES string of the molecule is CCCN1C(=O)C(=O)/C(=C(\O)c2ccc(C)c(C)c2)C1c1ccc(Cl)c(Cl)c1. The summed E-state index contributed by atoms with van der Waals surface area (Å²) >= 11 is 12.2. The van der Waals surface area contributed by atoms with E-state index in [9.17, 15) is 14.7 Å². The molecule has 3 rings (SSSR count). The van der Waals surface area contributed by atoms with Gasteiger partial charge in [0.05, 0.1) is 21.7 Å². The summed E-state index contributed by atoms with van der Waals surface area (Å²) in [5.74, 6) is -1.50. The molecule has 0 saturated carbocycles. The number of halogens is 2. The van der Waals surface area contributed by atoms with Crippen LogP contribution in [0, 0.1) is 13.8 Å². The van der Waals surface area contributed by atoms with E-state index in [1.165, 1.54) is 4.90 Å². The molecular formula is C22H21Cl2NO3. The molecule has 0 aliphatic carbocycles. The van der Waals surface area contributed by atoms with Crippen LogP contribution in [0.15, 0.2) is 42.0 Å². The summed E-state index contributed by atoms with van der Waals surface area (Å²) in [6.45, 7) is 6.21. The first-order valence-corrected chi connectivity index (χ1v) is 9.82. The van der Waals surface area contributed by atoms with Crippen LogP contribution in [0.2, 0.25) is 10.0 Å². The molecule has 0 bridgehead atoms. The largest absolute Gasteiger partial charge is 0.507 e. The number of likely N-dealkylation sites (tertiary alicyclic amines) is 1. The Morgan fingerprint density at radius 2 is 1.75 bits per heavy atom. The van der Waals surface area contributed by atoms with Gasteiger partial charge in [-0.3, -0.25) is 9.59 Å². The third-order valence-electron chi connectivity index (χ3n) is 5.04. The molecule has 1 aliphatic heterocycles. The molecule has 1 fully saturated rings. The van der Waals surface area contributed by atoms with Crippen molar-refractivity contribution in [1.29, 1.82) is 0 Å². The molecule has 1 aliphatic rings. The molecule has 0 aromatic heterocycles. The maximum absolute atomic E-state index is 12.8. The van der Waals surface area contributed by atoms with Crippen LogP contribution in [-0.2, 0) is 9.59 Å². The van der Waals surface area contributed by atoms with E-state index in [0.29, 0.717) is 34.1 Å². The second-order valence-electron chi connectivity index (χ2n) is 6.97. The molecule has 4 nitrogen and oxygen atoms in total. The maximum atomic E-state index is 12.8. The first-order chi connectivity index (χ1) is 13.3. The number of hydrogen-bond acceptors (Lipinski definition) is 3. The van der Waals surface area contributed by atoms with E-state index in [1.807, 2.05) is 32.9 Å². The van der Waals surface area contributed by atoms with Crippen LogP contribution < -0.4 is 0 Å². The first kappa shape index (κ1) is 20.4. The monoisotopic (exact) mass is 417 g/mol. The molecule has 28 heavy (non-hydrogen) atoms. The number of aryl methyl sites for hydroxylation is 2. The second-order valence-corrected chi connectivity index (χ2v) is 7.78. The lowest BCUT2D eigenvalue weighted by atomic mass is 9.94. The van der Waals surface area contributed by atoms with Crippen LogP contribution in [-0.4, -0.2) is 28.2 Å². The van der Waals surface area contributed by atoms with Crippen molar-refractivity contribution in [2.45, 2.75) is 33.2 Å². The number of benzene rings is 2. The lowest BCUT2D eigenvalue weighted by Crippen LogP contribution is -2.30. The number of rotatable bonds is 4. The van der Waals surface area contributed by atoms with Gasteiger partial charge in [-0.2, -0.15) is 0 Å². The molecule has 1 unspecified atom stereocenters. The van der Waals surface area contributed by atoms with Crippen molar-refractivity contribution >= 4 is 40.7 Å². The van der Waals surface area contributed by atoms with Crippen molar-refractivity contribution in [2.75, 3.05) is 6.54 Å². The Balaban J connectivity index is 2.22. The van der Waals surface area contributed by atoms with Gasteiger partial charge in [0, 0.05) is 12.1 Å². The van der Waals surface area contributed by atoms with Crippen LogP contribution in [0.5, 0.6) is 0 Å². The average molecular weight is 418 g/mol. The Labute approximate surface area is 174 Å². The van der Waals surface area contributed by atoms with Gasteiger partial charge in [0.25, 0.3) is 11.7 Å². The predicted molar refractivity (Wildman–Crippen MR) is 112 cm³/mol. The van der Waals surface area contributed by atoms with Gasteiger partial charge in [-0.15, -0.1) is 0 Å². The first-order valence-electron chi connectivity index (χ1n) is 9.07. The average Bonchev–Trinajstić information content (AvgIpc) is 2.91. The number of ketones is 1. The van der Waals surface area contributed by atoms with Gasteiger partial charge < -0.3 is 10.0 Å². The summed E-state index contributed by atoms with van der Waals surface area (Å²) < 4.78 is 0. The fourth-order valence-electron chi connectivity index (χ4n) is 3.42. The molecular weight excluding hydrogens is 397 g/mol. The quantitative estimate of drug-likeness (QED) is 0.409. The van der Waals surface area contributed by atoms with Crippen molar-refractivity contribution < 1.29 is 14.7 Å². The Kier molecular flexibility index (Phi) is 5.82. The summed E-state index contributed by atoms with van der Waals surface area (Å²) in [5.41, 5.74) is 3.26. The van der Waals surface area contributed by atoms with Crippen molar-refractivity contribution in [3.05, 3.63) is 74.3 Å². The highest BCUT2D eigenvalue weighted by atomic mass is 35.5. The fraction of sp³-hybridized carbons (Fsp3) is 0.273. The standard InChI is InChI=1S/C22H21Cl2NO3/c1-4-9-25-19(14-7-8-16(23)17(24)11-14)18(21(27)22(25)28)20(26)15-6-5-12(2)13(3)10-15/h5-8,10-11,19,26H,4,9H2,1-3H3/b20-18-. The molecule has 1 amide bonds. The third kappa shape index (κ3) is 3.54. The van der Waals surface area contributed by atoms with Crippen molar-refractivity contribution in [3.63, 3.8) is 0 Å². The zero-order valence-corrected chi connectivity index (χ0v) is 17.4. The van der Waals surface area contributed by atoms with E-state index < -0.39 is 17.7 Å². The Bertz CT molecular complexity index is 997. The zero-order chi connectivity index (χ0) is 20.6. The summed E-state index contributed by atoms with van der Waals surface area (Å²) in [6.07, 6.45) is 0.675. The number of amides is 1. The minimum Gasteiger partial charge on any atom is -0.507 e. The third-order valence-corrected chi connectivity index (χ3v) is 5.78. The lowest BCUT2D eigenvalue weighted by Gasteiger charge is -2.25. The van der Waals surface area contributed by atoms with Crippen molar-refractivity contribution in [3.8, 4) is 0 Å². The van der Waals surface area contributed by atoms with Gasteiger partial charge in [-0.1, -0.05) is 48.3 Å². The number of aliphatic hydroxyl groups excluding tert-OH is 1. The van der Waals surface area contributed by atoms with Crippen LogP contribution in [0.4, 0.5) is 0 Å². The number of Topliss-reactive ketones (excluding diaryl/α,β-unsaturated/α-hetero) is 1. The van der Waals surface area contributed by atoms with Crippen LogP contribution in [0.1, 0.15) is 41.6 Å². The molecule has 1 heterocycles. The molecule has 1 N–H and O–H groups in total. The predicted octanol–water partition coefficient (Wildman–Crippen LogP) is 5.44. The van der Waals surface area contributed by atoms with Gasteiger partial charge in [-0.05, 0) is 55.2 Å². The molecule has 0 radical (unpaired) electrons. The van der Waals surface area contributed by atoms with Crippen LogP contribution >= 0.6 is 23.2 Å². The van der Waals surface area contributed by atoms with E-state index in [4.69, 9.17) is 23.2 Å². The highest BCUT2D eigenvalue weighted by molar-refractivity contribution is 6.46. The Morgan fingerprint density at radius 3 is 2.36 bits per heavy atom. The minimum absolute atomic E-state index is 0.0695. The van der Waals surface area contributed by atoms with Gasteiger partial charge in [0.2, 0.25) is 0 Å². The van der Waals surface area contributed by atoms with Gasteiger partial charge in [0.15, 0.2) is 0 Å². The lowest BCUT2D eigenvalue weighted by molar-refractivity contribution is -0.139. The molecule has 1 saturated heterocycles. The fourth-order valence-corrected chi connectivity index (χ4v) is 3.73. The Morgan fingerprint density at radius 1 is 1.04 bits per heavy atom. The number of carbonyl (C=O) groups excluding carboxylic acids is 2. The van der Waals surface area contributed by atoms with E-state index in [-0.39, 0.29) is 11.3 Å². The van der Waals surface area contributed by atoms with Crippen molar-refractivity contribution in [1.82, 2.24) is 4.90 Å². The molecule has 2 aromatic rings. The van der Waals surface area contributed by atoms with Gasteiger partial charge >= 0.3 is 0 Å². The molecule has 146 valence electrons. The Hall–Kier alpha value is -2.30. The van der Waals surface area contributed by atoms with E-state index >= 15 is 0 Å². The molecule has 6 heteroatoms. The van der Waals surface area contributed by atoms with E-state index in [2.05, 4.69) is 0 Å². The summed E-state index contributed by atoms with van der Waals surface area (Å²) in [7, 11) is 0. The van der Waals surface area contributed by atoms with E-state index in [0.717, 1.165) is 11.1 Å². The number of hydrogen-bond donors (Lipinski definition) is 1. The molecule has 2 aromatic carbocycles. The highest BCUT2D eigenvalue weighted by Crippen LogP contribution is 2.41. The van der Waals surface area contributed by atoms with E-state index in [1.54, 1.807) is 24.3 Å². The van der Waals surface area contributed by atoms with Crippen LogP contribution in [0.3, 0.4) is 0 Å². The van der Waals surface area contributed by atoms with Gasteiger partial charge in [0.1, 0.15) is 5.76 Å². The summed E-state index contributed by atoms with van der Waals surface area (Å²) in [6, 6.07) is 9.71. The molecule has 0 spiro atoms. The second kappa shape index (κ2) is 7.98. The number of aliphatic hydroxyl groups is 1. The normalized spacial score (nSPS) is 18.8. The van der Waals surface area contributed by atoms with Crippen molar-refractivity contribution in [2.24, 2.45) is 0 Å². The van der Waals surface area contributed by atoms with Gasteiger partial charge in [-0.25, -0.2) is 0 Å². The number of carbonyl (C=O) groups is 2. The molecule has 1 atom stereocenters. The number of nitrogens with zero attached hydrogens (tertiary/aromatic N) is 1. The minimum atomic E-state index is -0.712. The summed E-state index contributed by atoms with van der Waals surface area (Å²) in [4.78, 5) is 27.0.